The summed E-state index contributed by atoms with van der Waals surface area (Å²) in [6, 6.07) is 12.8. The van der Waals surface area contributed by atoms with E-state index in [1.807, 2.05) is 24.3 Å². The lowest BCUT2D eigenvalue weighted by atomic mass is 10.0. The van der Waals surface area contributed by atoms with Gasteiger partial charge in [-0.2, -0.15) is 0 Å². The molecule has 0 radical (unpaired) electrons. The second-order valence-electron chi connectivity index (χ2n) is 6.41. The van der Waals surface area contributed by atoms with E-state index in [1.165, 1.54) is 10.6 Å². The standard InChI is InChI=1S/C20H25N3O4/c1-26-17-7-5-16(6-8-17)18(22-10-12-27-13-11-22)14-21-19(24)15-23-9-3-2-4-20(23)25/h2-9,18H,10-15H2,1H3,(H,21,24)/t18-/m0/s1. The van der Waals surface area contributed by atoms with Crippen molar-refractivity contribution in [3.63, 3.8) is 0 Å². The normalized spacial score (nSPS) is 15.9. The predicted molar refractivity (Wildman–Crippen MR) is 102 cm³/mol. The van der Waals surface area contributed by atoms with Gasteiger partial charge < -0.3 is 19.4 Å². The summed E-state index contributed by atoms with van der Waals surface area (Å²) in [4.78, 5) is 26.4. The second kappa shape index (κ2) is 9.34. The number of amides is 1. The highest BCUT2D eigenvalue weighted by Gasteiger charge is 2.23. The van der Waals surface area contributed by atoms with Crippen LogP contribution in [0.2, 0.25) is 0 Å². The Morgan fingerprint density at radius 3 is 2.59 bits per heavy atom. The number of ether oxygens (including phenoxy) is 2. The van der Waals surface area contributed by atoms with E-state index in [2.05, 4.69) is 10.2 Å². The quantitative estimate of drug-likeness (QED) is 0.788. The van der Waals surface area contributed by atoms with Crippen LogP contribution in [0.5, 0.6) is 5.75 Å². The average molecular weight is 371 g/mol. The monoisotopic (exact) mass is 371 g/mol. The first kappa shape index (κ1) is 19.1. The Balaban J connectivity index is 1.68. The summed E-state index contributed by atoms with van der Waals surface area (Å²) in [5, 5.41) is 2.97. The molecule has 1 saturated heterocycles. The molecule has 1 aliphatic heterocycles. The van der Waals surface area contributed by atoms with Crippen molar-refractivity contribution in [2.75, 3.05) is 40.0 Å². The molecule has 2 aromatic rings. The summed E-state index contributed by atoms with van der Waals surface area (Å²) >= 11 is 0. The Morgan fingerprint density at radius 2 is 1.93 bits per heavy atom. The number of hydrogen-bond donors (Lipinski definition) is 1. The van der Waals surface area contributed by atoms with Crippen molar-refractivity contribution in [2.45, 2.75) is 12.6 Å². The number of methoxy groups -OCH3 is 1. The van der Waals surface area contributed by atoms with Gasteiger partial charge in [-0.3, -0.25) is 14.5 Å². The van der Waals surface area contributed by atoms with Gasteiger partial charge in [0.15, 0.2) is 0 Å². The van der Waals surface area contributed by atoms with Gasteiger partial charge in [0.1, 0.15) is 12.3 Å². The van der Waals surface area contributed by atoms with Gasteiger partial charge in [0.25, 0.3) is 5.56 Å². The van der Waals surface area contributed by atoms with E-state index in [1.54, 1.807) is 25.4 Å². The van der Waals surface area contributed by atoms with Crippen LogP contribution < -0.4 is 15.6 Å². The van der Waals surface area contributed by atoms with Crippen molar-refractivity contribution in [1.29, 1.82) is 0 Å². The van der Waals surface area contributed by atoms with Crippen molar-refractivity contribution in [3.8, 4) is 5.75 Å². The van der Waals surface area contributed by atoms with Gasteiger partial charge in [0.2, 0.25) is 5.91 Å². The van der Waals surface area contributed by atoms with Crippen molar-refractivity contribution >= 4 is 5.91 Å². The number of morpholine rings is 1. The summed E-state index contributed by atoms with van der Waals surface area (Å²) in [6.45, 7) is 3.46. The molecule has 0 unspecified atom stereocenters. The van der Waals surface area contributed by atoms with Gasteiger partial charge in [-0.05, 0) is 23.8 Å². The Labute approximate surface area is 158 Å². The zero-order chi connectivity index (χ0) is 19.1. The minimum absolute atomic E-state index is 0.0120. The van der Waals surface area contributed by atoms with Crippen LogP contribution >= 0.6 is 0 Å². The molecule has 1 fully saturated rings. The van der Waals surface area contributed by atoms with E-state index < -0.39 is 0 Å². The van der Waals surface area contributed by atoms with Crippen LogP contribution in [0.15, 0.2) is 53.5 Å². The number of nitrogens with one attached hydrogen (secondary N) is 1. The van der Waals surface area contributed by atoms with Gasteiger partial charge in [0, 0.05) is 31.9 Å². The number of rotatable bonds is 7. The molecule has 1 amide bonds. The third kappa shape index (κ3) is 5.18. The SMILES string of the molecule is COc1ccc([C@H](CNC(=O)Cn2ccccc2=O)N2CCOCC2)cc1. The molecule has 1 atom stereocenters. The number of hydrogen-bond acceptors (Lipinski definition) is 5. The van der Waals surface area contributed by atoms with Crippen molar-refractivity contribution in [2.24, 2.45) is 0 Å². The molecule has 1 aromatic heterocycles. The minimum Gasteiger partial charge on any atom is -0.497 e. The molecule has 1 N–H and O–H groups in total. The zero-order valence-corrected chi connectivity index (χ0v) is 15.5. The molecule has 7 heteroatoms. The van der Waals surface area contributed by atoms with E-state index in [9.17, 15) is 9.59 Å². The van der Waals surface area contributed by atoms with E-state index in [4.69, 9.17) is 9.47 Å². The first-order valence-electron chi connectivity index (χ1n) is 9.05. The highest BCUT2D eigenvalue weighted by atomic mass is 16.5. The molecule has 144 valence electrons. The lowest BCUT2D eigenvalue weighted by Gasteiger charge is -2.35. The predicted octanol–water partition coefficient (Wildman–Crippen LogP) is 1.05. The van der Waals surface area contributed by atoms with Gasteiger partial charge in [0.05, 0.1) is 26.4 Å². The smallest absolute Gasteiger partial charge is 0.250 e. The number of carbonyl (C=O) groups excluding carboxylic acids is 1. The third-order valence-corrected chi connectivity index (χ3v) is 4.69. The third-order valence-electron chi connectivity index (χ3n) is 4.69. The number of carbonyl (C=O) groups is 1. The van der Waals surface area contributed by atoms with Crippen LogP contribution in [0.1, 0.15) is 11.6 Å². The number of nitrogens with zero attached hydrogens (tertiary/aromatic N) is 2. The zero-order valence-electron chi connectivity index (χ0n) is 15.5. The Morgan fingerprint density at radius 1 is 1.19 bits per heavy atom. The van der Waals surface area contributed by atoms with Crippen molar-refractivity contribution in [3.05, 3.63) is 64.6 Å². The number of pyridine rings is 1. The van der Waals surface area contributed by atoms with Crippen LogP contribution in [-0.4, -0.2) is 55.3 Å². The topological polar surface area (TPSA) is 72.8 Å². The summed E-state index contributed by atoms with van der Waals surface area (Å²) in [6.07, 6.45) is 1.62. The molecule has 7 nitrogen and oxygen atoms in total. The molecule has 2 heterocycles. The summed E-state index contributed by atoms with van der Waals surface area (Å²) in [5.41, 5.74) is 0.919. The molecule has 0 saturated carbocycles. The van der Waals surface area contributed by atoms with Gasteiger partial charge in [-0.1, -0.05) is 18.2 Å². The lowest BCUT2D eigenvalue weighted by Crippen LogP contribution is -2.44. The van der Waals surface area contributed by atoms with Crippen LogP contribution in [0.25, 0.3) is 0 Å². The largest absolute Gasteiger partial charge is 0.497 e. The highest BCUT2D eigenvalue weighted by molar-refractivity contribution is 5.75. The maximum atomic E-state index is 12.3. The van der Waals surface area contributed by atoms with E-state index in [0.717, 1.165) is 24.4 Å². The average Bonchev–Trinajstić information content (AvgIpc) is 2.71. The summed E-state index contributed by atoms with van der Waals surface area (Å²) < 4.78 is 12.1. The fourth-order valence-corrected chi connectivity index (χ4v) is 3.19. The summed E-state index contributed by atoms with van der Waals surface area (Å²) in [5.74, 6) is 0.613. The Bertz CT molecular complexity index is 797. The van der Waals surface area contributed by atoms with Crippen LogP contribution in [0.3, 0.4) is 0 Å². The highest BCUT2D eigenvalue weighted by Crippen LogP contribution is 2.23. The van der Waals surface area contributed by atoms with Crippen molar-refractivity contribution in [1.82, 2.24) is 14.8 Å². The van der Waals surface area contributed by atoms with Gasteiger partial charge in [-0.25, -0.2) is 0 Å². The Hall–Kier alpha value is -2.64. The maximum Gasteiger partial charge on any atom is 0.250 e. The first-order valence-corrected chi connectivity index (χ1v) is 9.05. The van der Waals surface area contributed by atoms with Gasteiger partial charge in [-0.15, -0.1) is 0 Å². The molecule has 0 spiro atoms. The maximum absolute atomic E-state index is 12.3. The minimum atomic E-state index is -0.187. The molecule has 1 aromatic carbocycles. The fraction of sp³-hybridized carbons (Fsp3) is 0.400. The fourth-order valence-electron chi connectivity index (χ4n) is 3.19. The van der Waals surface area contributed by atoms with E-state index in [-0.39, 0.29) is 24.1 Å². The Kier molecular flexibility index (Phi) is 6.62. The van der Waals surface area contributed by atoms with E-state index >= 15 is 0 Å². The molecule has 3 rings (SSSR count). The molecular weight excluding hydrogens is 346 g/mol. The second-order valence-corrected chi connectivity index (χ2v) is 6.41. The number of benzene rings is 1. The van der Waals surface area contributed by atoms with Gasteiger partial charge >= 0.3 is 0 Å². The molecule has 27 heavy (non-hydrogen) atoms. The first-order chi connectivity index (χ1) is 13.2. The number of aromatic nitrogens is 1. The van der Waals surface area contributed by atoms with Crippen LogP contribution in [-0.2, 0) is 16.1 Å². The van der Waals surface area contributed by atoms with E-state index in [0.29, 0.717) is 19.8 Å². The van der Waals surface area contributed by atoms with Crippen LogP contribution in [0, 0.1) is 0 Å². The molecule has 0 aliphatic carbocycles. The lowest BCUT2D eigenvalue weighted by molar-refractivity contribution is -0.122. The summed E-state index contributed by atoms with van der Waals surface area (Å²) in [7, 11) is 1.64. The molecular formula is C20H25N3O4. The molecule has 0 bridgehead atoms. The molecule has 1 aliphatic rings. The van der Waals surface area contributed by atoms with Crippen molar-refractivity contribution < 1.29 is 14.3 Å². The van der Waals surface area contributed by atoms with Crippen LogP contribution in [0.4, 0.5) is 0 Å².